The molecule has 0 atom stereocenters. The predicted octanol–water partition coefficient (Wildman–Crippen LogP) is 3.22. The van der Waals surface area contributed by atoms with Crippen molar-refractivity contribution < 1.29 is 9.53 Å². The van der Waals surface area contributed by atoms with Gasteiger partial charge in [0.2, 0.25) is 0 Å². The lowest BCUT2D eigenvalue weighted by atomic mass is 10.2. The van der Waals surface area contributed by atoms with E-state index in [2.05, 4.69) is 5.10 Å². The molecule has 0 radical (unpaired) electrons. The lowest BCUT2D eigenvalue weighted by molar-refractivity contribution is 0.0978. The number of hydrogen-bond acceptors (Lipinski definition) is 4. The van der Waals surface area contributed by atoms with Crippen LogP contribution in [0.3, 0.4) is 0 Å². The summed E-state index contributed by atoms with van der Waals surface area (Å²) in [5.74, 6) is -0.177. The molecule has 0 saturated heterocycles. The summed E-state index contributed by atoms with van der Waals surface area (Å²) in [5.41, 5.74) is 2.13. The standard InChI is InChI=1S/C21H21N3O3/c1-4-23(16-8-6-5-7-9-16)21(26)20-18(27-3)14-19(25)24(22-20)17-12-10-15(2)11-13-17/h5-14H,4H2,1-3H3. The van der Waals surface area contributed by atoms with E-state index in [9.17, 15) is 9.59 Å². The Morgan fingerprint density at radius 3 is 2.37 bits per heavy atom. The van der Waals surface area contributed by atoms with Crippen LogP contribution in [0, 0.1) is 6.92 Å². The number of para-hydroxylation sites is 1. The molecule has 6 heteroatoms. The molecule has 3 aromatic rings. The first-order valence-corrected chi connectivity index (χ1v) is 8.67. The normalized spacial score (nSPS) is 10.5. The Morgan fingerprint density at radius 1 is 1.11 bits per heavy atom. The van der Waals surface area contributed by atoms with Crippen molar-refractivity contribution in [3.8, 4) is 11.4 Å². The molecule has 0 fully saturated rings. The molecule has 0 spiro atoms. The summed E-state index contributed by atoms with van der Waals surface area (Å²) in [5, 5.41) is 4.33. The maximum absolute atomic E-state index is 13.2. The fourth-order valence-corrected chi connectivity index (χ4v) is 2.79. The van der Waals surface area contributed by atoms with Gasteiger partial charge in [-0.1, -0.05) is 35.9 Å². The third-order valence-corrected chi connectivity index (χ3v) is 4.23. The van der Waals surface area contributed by atoms with E-state index < -0.39 is 0 Å². The number of ether oxygens (including phenoxy) is 1. The highest BCUT2D eigenvalue weighted by Gasteiger charge is 2.23. The van der Waals surface area contributed by atoms with Crippen molar-refractivity contribution >= 4 is 11.6 Å². The number of aryl methyl sites for hydroxylation is 1. The van der Waals surface area contributed by atoms with E-state index in [0.29, 0.717) is 12.2 Å². The first-order valence-electron chi connectivity index (χ1n) is 8.67. The van der Waals surface area contributed by atoms with Crippen LogP contribution in [0.25, 0.3) is 5.69 Å². The van der Waals surface area contributed by atoms with Crippen molar-refractivity contribution in [1.82, 2.24) is 9.78 Å². The Morgan fingerprint density at radius 2 is 1.78 bits per heavy atom. The van der Waals surface area contributed by atoms with Crippen molar-refractivity contribution in [2.45, 2.75) is 13.8 Å². The molecule has 138 valence electrons. The van der Waals surface area contributed by atoms with Gasteiger partial charge in [-0.2, -0.15) is 9.78 Å². The number of carbonyl (C=O) groups is 1. The summed E-state index contributed by atoms with van der Waals surface area (Å²) >= 11 is 0. The van der Waals surface area contributed by atoms with E-state index in [1.165, 1.54) is 17.9 Å². The minimum Gasteiger partial charge on any atom is -0.494 e. The highest BCUT2D eigenvalue weighted by Crippen LogP contribution is 2.21. The Bertz CT molecular complexity index is 995. The molecule has 3 rings (SSSR count). The summed E-state index contributed by atoms with van der Waals surface area (Å²) in [6.45, 7) is 4.30. The topological polar surface area (TPSA) is 64.4 Å². The molecule has 6 nitrogen and oxygen atoms in total. The van der Waals surface area contributed by atoms with Crippen LogP contribution in [-0.4, -0.2) is 29.3 Å². The third kappa shape index (κ3) is 3.74. The van der Waals surface area contributed by atoms with Crippen molar-refractivity contribution in [2.24, 2.45) is 0 Å². The number of aromatic nitrogens is 2. The van der Waals surface area contributed by atoms with E-state index in [-0.39, 0.29) is 22.9 Å². The van der Waals surface area contributed by atoms with Gasteiger partial charge in [-0.05, 0) is 38.1 Å². The number of amides is 1. The smallest absolute Gasteiger partial charge is 0.282 e. The Labute approximate surface area is 157 Å². The molecule has 0 saturated carbocycles. The van der Waals surface area contributed by atoms with Gasteiger partial charge in [0, 0.05) is 12.2 Å². The average molecular weight is 363 g/mol. The van der Waals surface area contributed by atoms with Crippen LogP contribution in [0.4, 0.5) is 5.69 Å². The van der Waals surface area contributed by atoms with Gasteiger partial charge >= 0.3 is 0 Å². The van der Waals surface area contributed by atoms with Crippen LogP contribution in [0.2, 0.25) is 0 Å². The molecule has 0 unspecified atom stereocenters. The number of hydrogen-bond donors (Lipinski definition) is 0. The van der Waals surface area contributed by atoms with Gasteiger partial charge < -0.3 is 9.64 Å². The summed E-state index contributed by atoms with van der Waals surface area (Å²) < 4.78 is 6.48. The molecule has 2 aromatic carbocycles. The van der Waals surface area contributed by atoms with Gasteiger partial charge in [0.15, 0.2) is 11.4 Å². The zero-order valence-electron chi connectivity index (χ0n) is 15.5. The van der Waals surface area contributed by atoms with Gasteiger partial charge in [0.1, 0.15) is 0 Å². The molecular formula is C21H21N3O3. The summed E-state index contributed by atoms with van der Waals surface area (Å²) in [4.78, 5) is 27.2. The fourth-order valence-electron chi connectivity index (χ4n) is 2.79. The average Bonchev–Trinajstić information content (AvgIpc) is 2.70. The summed E-state index contributed by atoms with van der Waals surface area (Å²) in [6, 6.07) is 18.0. The van der Waals surface area contributed by atoms with E-state index in [4.69, 9.17) is 4.74 Å². The monoisotopic (exact) mass is 363 g/mol. The lowest BCUT2D eigenvalue weighted by Gasteiger charge is -2.21. The van der Waals surface area contributed by atoms with E-state index in [1.54, 1.807) is 17.0 Å². The van der Waals surface area contributed by atoms with E-state index in [1.807, 2.05) is 56.3 Å². The fraction of sp³-hybridized carbons (Fsp3) is 0.190. The SMILES string of the molecule is CCN(C(=O)c1nn(-c2ccc(C)cc2)c(=O)cc1OC)c1ccccc1. The Balaban J connectivity index is 2.10. The molecule has 1 amide bonds. The number of benzene rings is 2. The lowest BCUT2D eigenvalue weighted by Crippen LogP contribution is -2.34. The first-order chi connectivity index (χ1) is 13.0. The molecule has 1 heterocycles. The molecule has 0 bridgehead atoms. The van der Waals surface area contributed by atoms with Crippen molar-refractivity contribution in [1.29, 1.82) is 0 Å². The van der Waals surface area contributed by atoms with Crippen LogP contribution >= 0.6 is 0 Å². The number of nitrogens with zero attached hydrogens (tertiary/aromatic N) is 3. The number of methoxy groups -OCH3 is 1. The van der Waals surface area contributed by atoms with Gasteiger partial charge in [0.25, 0.3) is 11.5 Å². The predicted molar refractivity (Wildman–Crippen MR) is 105 cm³/mol. The van der Waals surface area contributed by atoms with Crippen LogP contribution in [0.1, 0.15) is 23.0 Å². The van der Waals surface area contributed by atoms with Gasteiger partial charge in [-0.25, -0.2) is 0 Å². The van der Waals surface area contributed by atoms with Gasteiger partial charge in [-0.15, -0.1) is 0 Å². The van der Waals surface area contributed by atoms with Crippen molar-refractivity contribution in [3.63, 3.8) is 0 Å². The van der Waals surface area contributed by atoms with Crippen LogP contribution in [0.5, 0.6) is 5.75 Å². The molecule has 0 aliphatic heterocycles. The zero-order chi connectivity index (χ0) is 19.4. The minimum atomic E-state index is -0.366. The third-order valence-electron chi connectivity index (χ3n) is 4.23. The molecule has 0 aliphatic rings. The minimum absolute atomic E-state index is 0.0865. The maximum Gasteiger partial charge on any atom is 0.282 e. The molecule has 27 heavy (non-hydrogen) atoms. The molecule has 0 aliphatic carbocycles. The second kappa shape index (κ2) is 7.86. The molecule has 0 N–H and O–H groups in total. The van der Waals surface area contributed by atoms with Crippen molar-refractivity contribution in [3.05, 3.63) is 82.3 Å². The van der Waals surface area contributed by atoms with Crippen LogP contribution < -0.4 is 15.2 Å². The van der Waals surface area contributed by atoms with Crippen LogP contribution in [0.15, 0.2) is 65.5 Å². The number of carbonyl (C=O) groups excluding carboxylic acids is 1. The summed E-state index contributed by atoms with van der Waals surface area (Å²) in [6.07, 6.45) is 0. The molecular weight excluding hydrogens is 342 g/mol. The Hall–Kier alpha value is -3.41. The largest absolute Gasteiger partial charge is 0.494 e. The first kappa shape index (κ1) is 18.4. The number of rotatable bonds is 5. The van der Waals surface area contributed by atoms with Gasteiger partial charge in [-0.3, -0.25) is 9.59 Å². The number of anilines is 1. The zero-order valence-corrected chi connectivity index (χ0v) is 15.5. The second-order valence-electron chi connectivity index (χ2n) is 6.03. The van der Waals surface area contributed by atoms with Crippen LogP contribution in [-0.2, 0) is 0 Å². The highest BCUT2D eigenvalue weighted by atomic mass is 16.5. The second-order valence-corrected chi connectivity index (χ2v) is 6.03. The maximum atomic E-state index is 13.2. The van der Waals surface area contributed by atoms with E-state index in [0.717, 1.165) is 11.3 Å². The summed E-state index contributed by atoms with van der Waals surface area (Å²) in [7, 11) is 1.42. The Kier molecular flexibility index (Phi) is 5.35. The highest BCUT2D eigenvalue weighted by molar-refractivity contribution is 6.06. The van der Waals surface area contributed by atoms with E-state index >= 15 is 0 Å². The van der Waals surface area contributed by atoms with Crippen molar-refractivity contribution in [2.75, 3.05) is 18.6 Å². The quantitative estimate of drug-likeness (QED) is 0.698. The van der Waals surface area contributed by atoms with Gasteiger partial charge in [0.05, 0.1) is 18.9 Å². The molecule has 1 aromatic heterocycles.